The number of aryl methyl sites for hydroxylation is 1. The van der Waals surface area contributed by atoms with Crippen LogP contribution >= 0.6 is 0 Å². The fraction of sp³-hybridized carbons (Fsp3) is 0.120. The molecule has 1 aliphatic rings. The summed E-state index contributed by atoms with van der Waals surface area (Å²) < 4.78 is 41.6. The number of cyclic esters (lactones) is 1. The molecule has 4 rings (SSSR count). The van der Waals surface area contributed by atoms with Crippen LogP contribution in [-0.2, 0) is 19.6 Å². The Morgan fingerprint density at radius 3 is 2.39 bits per heavy atom. The predicted octanol–water partition coefficient (Wildman–Crippen LogP) is 4.51. The SMILES string of the molecule is CCOc1cc(/C=C2/N=C(c3ccccc3)OC2=O)ccc1OS(=O)(=O)c1ccc(C)cc1. The van der Waals surface area contributed by atoms with E-state index in [0.717, 1.165) is 5.56 Å². The van der Waals surface area contributed by atoms with Gasteiger partial charge in [0.1, 0.15) is 4.90 Å². The maximum Gasteiger partial charge on any atom is 0.363 e. The third-order valence-electron chi connectivity index (χ3n) is 4.72. The van der Waals surface area contributed by atoms with E-state index in [0.29, 0.717) is 17.7 Å². The van der Waals surface area contributed by atoms with Crippen LogP contribution in [0.15, 0.2) is 88.4 Å². The second-order valence-corrected chi connectivity index (χ2v) is 8.74. The lowest BCUT2D eigenvalue weighted by Gasteiger charge is -2.12. The summed E-state index contributed by atoms with van der Waals surface area (Å²) in [5.41, 5.74) is 2.32. The van der Waals surface area contributed by atoms with E-state index >= 15 is 0 Å². The average Bonchev–Trinajstić information content (AvgIpc) is 3.17. The standard InChI is InChI=1S/C25H21NO6S/c1-3-30-23-16-18(15-21-25(27)31-24(26-21)19-7-5-4-6-8-19)11-14-22(23)32-33(28,29)20-12-9-17(2)10-13-20/h4-16H,3H2,1-2H3/b21-15+. The van der Waals surface area contributed by atoms with Gasteiger partial charge in [-0.3, -0.25) is 0 Å². The summed E-state index contributed by atoms with van der Waals surface area (Å²) in [5.74, 6) is -0.0849. The Balaban J connectivity index is 1.63. The lowest BCUT2D eigenvalue weighted by molar-refractivity contribution is -0.129. The second kappa shape index (κ2) is 9.30. The molecule has 1 heterocycles. The van der Waals surface area contributed by atoms with E-state index in [1.165, 1.54) is 18.2 Å². The largest absolute Gasteiger partial charge is 0.490 e. The molecule has 1 aliphatic heterocycles. The van der Waals surface area contributed by atoms with Crippen LogP contribution in [0.2, 0.25) is 0 Å². The van der Waals surface area contributed by atoms with Gasteiger partial charge in [-0.2, -0.15) is 8.42 Å². The van der Waals surface area contributed by atoms with Crippen molar-refractivity contribution < 1.29 is 26.9 Å². The van der Waals surface area contributed by atoms with E-state index in [1.54, 1.807) is 49.4 Å². The van der Waals surface area contributed by atoms with Gasteiger partial charge in [0.25, 0.3) is 0 Å². The highest BCUT2D eigenvalue weighted by Crippen LogP contribution is 2.32. The molecule has 0 atom stereocenters. The molecule has 0 amide bonds. The van der Waals surface area contributed by atoms with Crippen molar-refractivity contribution in [1.29, 1.82) is 0 Å². The minimum Gasteiger partial charge on any atom is -0.490 e. The van der Waals surface area contributed by atoms with Gasteiger partial charge in [0.05, 0.1) is 6.61 Å². The normalized spacial score (nSPS) is 14.7. The van der Waals surface area contributed by atoms with Gasteiger partial charge in [-0.15, -0.1) is 0 Å². The van der Waals surface area contributed by atoms with Crippen molar-refractivity contribution in [1.82, 2.24) is 0 Å². The quantitative estimate of drug-likeness (QED) is 0.291. The maximum absolute atomic E-state index is 12.7. The Hall–Kier alpha value is -3.91. The van der Waals surface area contributed by atoms with E-state index < -0.39 is 16.1 Å². The summed E-state index contributed by atoms with van der Waals surface area (Å²) in [6, 6.07) is 20.1. The Kier molecular flexibility index (Phi) is 6.28. The first-order valence-electron chi connectivity index (χ1n) is 10.2. The molecule has 8 heteroatoms. The summed E-state index contributed by atoms with van der Waals surface area (Å²) in [6.45, 7) is 3.93. The molecule has 0 N–H and O–H groups in total. The van der Waals surface area contributed by atoms with E-state index in [9.17, 15) is 13.2 Å². The van der Waals surface area contributed by atoms with E-state index in [1.807, 2.05) is 25.1 Å². The average molecular weight is 464 g/mol. The topological polar surface area (TPSA) is 91.3 Å². The van der Waals surface area contributed by atoms with Crippen LogP contribution in [0.5, 0.6) is 11.5 Å². The molecule has 3 aromatic carbocycles. The van der Waals surface area contributed by atoms with Crippen LogP contribution in [-0.4, -0.2) is 26.9 Å². The lowest BCUT2D eigenvalue weighted by Crippen LogP contribution is -2.11. The van der Waals surface area contributed by atoms with Gasteiger partial charge in [-0.05, 0) is 61.9 Å². The molecule has 0 spiro atoms. The van der Waals surface area contributed by atoms with E-state index in [4.69, 9.17) is 13.7 Å². The number of rotatable bonds is 7. The molecular formula is C25H21NO6S. The molecule has 0 aliphatic carbocycles. The minimum absolute atomic E-state index is 0.0400. The summed E-state index contributed by atoms with van der Waals surface area (Å²) >= 11 is 0. The zero-order valence-electron chi connectivity index (χ0n) is 18.0. The first-order valence-corrected chi connectivity index (χ1v) is 11.6. The molecule has 0 aromatic heterocycles. The second-order valence-electron chi connectivity index (χ2n) is 7.19. The number of carbonyl (C=O) groups is 1. The molecule has 0 unspecified atom stereocenters. The molecule has 0 saturated carbocycles. The number of hydrogen-bond acceptors (Lipinski definition) is 7. The van der Waals surface area contributed by atoms with E-state index in [2.05, 4.69) is 4.99 Å². The summed E-state index contributed by atoms with van der Waals surface area (Å²) in [4.78, 5) is 16.6. The zero-order valence-corrected chi connectivity index (χ0v) is 18.8. The van der Waals surface area contributed by atoms with Crippen molar-refractivity contribution in [2.45, 2.75) is 18.7 Å². The molecule has 0 saturated heterocycles. The van der Waals surface area contributed by atoms with Gasteiger partial charge in [-0.25, -0.2) is 9.79 Å². The van der Waals surface area contributed by atoms with Crippen molar-refractivity contribution >= 4 is 28.1 Å². The monoisotopic (exact) mass is 463 g/mol. The minimum atomic E-state index is -4.04. The molecule has 0 fully saturated rings. The molecule has 0 radical (unpaired) electrons. The van der Waals surface area contributed by atoms with Gasteiger partial charge in [0.2, 0.25) is 5.90 Å². The highest BCUT2D eigenvalue weighted by atomic mass is 32.2. The Morgan fingerprint density at radius 1 is 0.970 bits per heavy atom. The van der Waals surface area contributed by atoms with Crippen LogP contribution in [0, 0.1) is 6.92 Å². The van der Waals surface area contributed by atoms with E-state index in [-0.39, 0.29) is 28.0 Å². The molecule has 33 heavy (non-hydrogen) atoms. The molecule has 0 bridgehead atoms. The third-order valence-corrected chi connectivity index (χ3v) is 5.97. The van der Waals surface area contributed by atoms with Crippen LogP contribution in [0.4, 0.5) is 0 Å². The highest BCUT2D eigenvalue weighted by molar-refractivity contribution is 7.87. The number of carbonyl (C=O) groups excluding carboxylic acids is 1. The van der Waals surface area contributed by atoms with Crippen LogP contribution in [0.1, 0.15) is 23.6 Å². The van der Waals surface area contributed by atoms with Crippen molar-refractivity contribution in [3.8, 4) is 11.5 Å². The number of aliphatic imine (C=N–C) groups is 1. The predicted molar refractivity (Wildman–Crippen MR) is 124 cm³/mol. The fourth-order valence-electron chi connectivity index (χ4n) is 3.09. The summed E-state index contributed by atoms with van der Waals surface area (Å²) in [6.07, 6.45) is 1.54. The number of ether oxygens (including phenoxy) is 2. The molecule has 3 aromatic rings. The number of hydrogen-bond donors (Lipinski definition) is 0. The Labute approximate surface area is 192 Å². The Bertz CT molecular complexity index is 1340. The third kappa shape index (κ3) is 5.12. The van der Waals surface area contributed by atoms with Crippen LogP contribution < -0.4 is 8.92 Å². The first-order chi connectivity index (χ1) is 15.9. The smallest absolute Gasteiger partial charge is 0.363 e. The zero-order chi connectivity index (χ0) is 23.4. The maximum atomic E-state index is 12.7. The van der Waals surface area contributed by atoms with Crippen LogP contribution in [0.3, 0.4) is 0 Å². The van der Waals surface area contributed by atoms with Crippen molar-refractivity contribution in [2.24, 2.45) is 4.99 Å². The van der Waals surface area contributed by atoms with Crippen LogP contribution in [0.25, 0.3) is 6.08 Å². The first kappa shape index (κ1) is 22.3. The fourth-order valence-corrected chi connectivity index (χ4v) is 4.03. The van der Waals surface area contributed by atoms with Crippen molar-refractivity contribution in [3.63, 3.8) is 0 Å². The van der Waals surface area contributed by atoms with Gasteiger partial charge >= 0.3 is 16.1 Å². The molecular weight excluding hydrogens is 442 g/mol. The number of nitrogens with zero attached hydrogens (tertiary/aromatic N) is 1. The van der Waals surface area contributed by atoms with Gasteiger partial charge in [0.15, 0.2) is 17.2 Å². The van der Waals surface area contributed by atoms with Gasteiger partial charge in [0, 0.05) is 5.56 Å². The summed E-state index contributed by atoms with van der Waals surface area (Å²) in [7, 11) is -4.04. The number of esters is 1. The summed E-state index contributed by atoms with van der Waals surface area (Å²) in [5, 5.41) is 0. The Morgan fingerprint density at radius 2 is 1.70 bits per heavy atom. The van der Waals surface area contributed by atoms with Gasteiger partial charge < -0.3 is 13.7 Å². The lowest BCUT2D eigenvalue weighted by atomic mass is 10.1. The molecule has 7 nitrogen and oxygen atoms in total. The van der Waals surface area contributed by atoms with Crippen molar-refractivity contribution in [3.05, 3.63) is 95.2 Å². The number of benzene rings is 3. The highest BCUT2D eigenvalue weighted by Gasteiger charge is 2.24. The molecule has 168 valence electrons. The van der Waals surface area contributed by atoms with Crippen molar-refractivity contribution in [2.75, 3.05) is 6.61 Å². The van der Waals surface area contributed by atoms with Gasteiger partial charge in [-0.1, -0.05) is 42.0 Å².